The summed E-state index contributed by atoms with van der Waals surface area (Å²) in [5.41, 5.74) is -1.69. The van der Waals surface area contributed by atoms with Crippen molar-refractivity contribution < 1.29 is 21.6 Å². The quantitative estimate of drug-likeness (QED) is 0.706. The third kappa shape index (κ3) is 3.80. The van der Waals surface area contributed by atoms with Gasteiger partial charge in [0.25, 0.3) is 5.56 Å². The summed E-state index contributed by atoms with van der Waals surface area (Å²) in [4.78, 5) is 11.9. The number of nitrogens with one attached hydrogen (secondary N) is 2. The largest absolute Gasteiger partial charge is 0.418 e. The van der Waals surface area contributed by atoms with Crippen LogP contribution in [0.5, 0.6) is 0 Å². The summed E-state index contributed by atoms with van der Waals surface area (Å²) in [6.45, 7) is 1.32. The zero-order chi connectivity index (χ0) is 19.8. The van der Waals surface area contributed by atoms with E-state index < -0.39 is 33.0 Å². The first kappa shape index (κ1) is 18.9. The van der Waals surface area contributed by atoms with Gasteiger partial charge in [-0.2, -0.15) is 18.3 Å². The Morgan fingerprint density at radius 1 is 1.11 bits per heavy atom. The number of benzene rings is 2. The molecule has 0 atom stereocenters. The molecule has 0 unspecified atom stereocenters. The van der Waals surface area contributed by atoms with Gasteiger partial charge in [0.15, 0.2) is 0 Å². The number of rotatable bonds is 4. The molecule has 0 aliphatic carbocycles. The monoisotopic (exact) mass is 397 g/mol. The van der Waals surface area contributed by atoms with E-state index in [1.165, 1.54) is 13.0 Å². The van der Waals surface area contributed by atoms with Crippen molar-refractivity contribution in [3.8, 4) is 11.3 Å². The first-order valence-electron chi connectivity index (χ1n) is 7.82. The lowest BCUT2D eigenvalue weighted by atomic mass is 10.0. The number of alkyl halides is 3. The van der Waals surface area contributed by atoms with Gasteiger partial charge in [-0.15, -0.1) is 0 Å². The van der Waals surface area contributed by atoms with Crippen LogP contribution >= 0.6 is 0 Å². The van der Waals surface area contributed by atoms with E-state index in [4.69, 9.17) is 0 Å². The fourth-order valence-electron chi connectivity index (χ4n) is 2.60. The Morgan fingerprint density at radius 2 is 1.78 bits per heavy atom. The lowest BCUT2D eigenvalue weighted by molar-refractivity contribution is -0.136. The SMILES string of the molecule is CCS(=O)(=O)Nc1cc(-c2n[nH]c(=O)c3ccccc23)ccc1C(F)(F)F. The third-order valence-corrected chi connectivity index (χ3v) is 5.23. The van der Waals surface area contributed by atoms with Crippen molar-refractivity contribution >= 4 is 26.5 Å². The van der Waals surface area contributed by atoms with Gasteiger partial charge in [-0.05, 0) is 25.1 Å². The number of sulfonamides is 1. The van der Waals surface area contributed by atoms with Gasteiger partial charge in [-0.1, -0.05) is 24.3 Å². The summed E-state index contributed by atoms with van der Waals surface area (Å²) >= 11 is 0. The van der Waals surface area contributed by atoms with E-state index in [2.05, 4.69) is 10.2 Å². The van der Waals surface area contributed by atoms with E-state index in [1.807, 2.05) is 4.72 Å². The van der Waals surface area contributed by atoms with Crippen LogP contribution in [0.4, 0.5) is 18.9 Å². The molecule has 27 heavy (non-hydrogen) atoms. The van der Waals surface area contributed by atoms with Gasteiger partial charge in [0.05, 0.1) is 28.1 Å². The molecule has 0 saturated heterocycles. The maximum absolute atomic E-state index is 13.3. The van der Waals surface area contributed by atoms with Gasteiger partial charge < -0.3 is 0 Å². The van der Waals surface area contributed by atoms with E-state index in [0.29, 0.717) is 10.8 Å². The minimum atomic E-state index is -4.75. The van der Waals surface area contributed by atoms with E-state index >= 15 is 0 Å². The van der Waals surface area contributed by atoms with Crippen LogP contribution in [0, 0.1) is 0 Å². The molecular weight excluding hydrogens is 383 g/mol. The number of nitrogens with zero attached hydrogens (tertiary/aromatic N) is 1. The van der Waals surface area contributed by atoms with Gasteiger partial charge in [-0.25, -0.2) is 13.5 Å². The minimum absolute atomic E-state index is 0.226. The number of aromatic amines is 1. The Labute approximate surface area is 152 Å². The van der Waals surface area contributed by atoms with E-state index in [1.54, 1.807) is 24.3 Å². The number of aromatic nitrogens is 2. The Balaban J connectivity index is 2.24. The first-order chi connectivity index (χ1) is 12.6. The fraction of sp³-hybridized carbons (Fsp3) is 0.176. The van der Waals surface area contributed by atoms with Gasteiger partial charge >= 0.3 is 6.18 Å². The van der Waals surface area contributed by atoms with Crippen LogP contribution in [0.25, 0.3) is 22.0 Å². The van der Waals surface area contributed by atoms with Crippen LogP contribution in [-0.4, -0.2) is 24.4 Å². The van der Waals surface area contributed by atoms with E-state index in [9.17, 15) is 26.4 Å². The predicted molar refractivity (Wildman–Crippen MR) is 95.9 cm³/mol. The molecule has 0 aliphatic rings. The Kier molecular flexibility index (Phi) is 4.68. The number of fused-ring (bicyclic) bond motifs is 1. The summed E-state index contributed by atoms with van der Waals surface area (Å²) in [6, 6.07) is 9.50. The topological polar surface area (TPSA) is 91.9 Å². The van der Waals surface area contributed by atoms with Crippen molar-refractivity contribution in [2.45, 2.75) is 13.1 Å². The van der Waals surface area contributed by atoms with Crippen molar-refractivity contribution in [2.75, 3.05) is 10.5 Å². The summed E-state index contributed by atoms with van der Waals surface area (Å²) in [6.07, 6.45) is -4.75. The second kappa shape index (κ2) is 6.69. The smallest absolute Gasteiger partial charge is 0.283 e. The lowest BCUT2D eigenvalue weighted by Gasteiger charge is -2.16. The van der Waals surface area contributed by atoms with Gasteiger partial charge in [0, 0.05) is 10.9 Å². The maximum atomic E-state index is 13.3. The zero-order valence-corrected chi connectivity index (χ0v) is 14.8. The highest BCUT2D eigenvalue weighted by Gasteiger charge is 2.34. The maximum Gasteiger partial charge on any atom is 0.418 e. The third-order valence-electron chi connectivity index (χ3n) is 3.94. The molecule has 0 aliphatic heterocycles. The van der Waals surface area contributed by atoms with Gasteiger partial charge in [-0.3, -0.25) is 9.52 Å². The molecule has 3 aromatic rings. The zero-order valence-electron chi connectivity index (χ0n) is 14.0. The Morgan fingerprint density at radius 3 is 2.41 bits per heavy atom. The molecule has 1 aromatic heterocycles. The van der Waals surface area contributed by atoms with Crippen molar-refractivity contribution in [2.24, 2.45) is 0 Å². The second-order valence-corrected chi connectivity index (χ2v) is 7.72. The summed E-state index contributed by atoms with van der Waals surface area (Å²) in [5, 5.41) is 6.98. The fourth-order valence-corrected chi connectivity index (χ4v) is 3.25. The highest BCUT2D eigenvalue weighted by Crippen LogP contribution is 2.38. The summed E-state index contributed by atoms with van der Waals surface area (Å²) in [7, 11) is -3.93. The molecule has 2 aromatic carbocycles. The van der Waals surface area contributed by atoms with E-state index in [-0.39, 0.29) is 17.0 Å². The van der Waals surface area contributed by atoms with Crippen LogP contribution < -0.4 is 10.3 Å². The van der Waals surface area contributed by atoms with Crippen molar-refractivity contribution in [3.63, 3.8) is 0 Å². The number of anilines is 1. The molecule has 2 N–H and O–H groups in total. The number of H-pyrrole nitrogens is 1. The molecule has 0 radical (unpaired) electrons. The molecule has 10 heteroatoms. The normalized spacial score (nSPS) is 12.3. The highest BCUT2D eigenvalue weighted by molar-refractivity contribution is 7.92. The average molecular weight is 397 g/mol. The number of hydrogen-bond acceptors (Lipinski definition) is 4. The summed E-state index contributed by atoms with van der Waals surface area (Å²) < 4.78 is 65.4. The van der Waals surface area contributed by atoms with Crippen molar-refractivity contribution in [3.05, 3.63) is 58.4 Å². The van der Waals surface area contributed by atoms with Gasteiger partial charge in [0.1, 0.15) is 0 Å². The summed E-state index contributed by atoms with van der Waals surface area (Å²) in [5.74, 6) is -0.381. The molecule has 0 spiro atoms. The molecule has 0 fully saturated rings. The standard InChI is InChI=1S/C17H14F3N3O3S/c1-2-27(25,26)23-14-9-10(7-8-13(14)17(18,19)20)15-11-5-3-4-6-12(11)16(24)22-21-15/h3-9,23H,2H2,1H3,(H,22,24). The van der Waals surface area contributed by atoms with Crippen LogP contribution in [0.1, 0.15) is 12.5 Å². The molecule has 6 nitrogen and oxygen atoms in total. The number of hydrogen-bond donors (Lipinski definition) is 2. The Hall–Kier alpha value is -2.88. The molecular formula is C17H14F3N3O3S. The van der Waals surface area contributed by atoms with Crippen LogP contribution in [0.15, 0.2) is 47.3 Å². The van der Waals surface area contributed by atoms with Crippen LogP contribution in [-0.2, 0) is 16.2 Å². The molecule has 0 amide bonds. The molecule has 0 saturated carbocycles. The van der Waals surface area contributed by atoms with Crippen LogP contribution in [0.3, 0.4) is 0 Å². The average Bonchev–Trinajstić information content (AvgIpc) is 2.61. The van der Waals surface area contributed by atoms with Crippen LogP contribution in [0.2, 0.25) is 0 Å². The number of halogens is 3. The predicted octanol–water partition coefficient (Wildman–Crippen LogP) is 3.37. The highest BCUT2D eigenvalue weighted by atomic mass is 32.2. The minimum Gasteiger partial charge on any atom is -0.283 e. The second-order valence-electron chi connectivity index (χ2n) is 5.71. The molecule has 1 heterocycles. The molecule has 0 bridgehead atoms. The molecule has 142 valence electrons. The first-order valence-corrected chi connectivity index (χ1v) is 9.47. The Bertz CT molecular complexity index is 1170. The van der Waals surface area contributed by atoms with Gasteiger partial charge in [0.2, 0.25) is 10.0 Å². The lowest BCUT2D eigenvalue weighted by Crippen LogP contribution is -2.18. The van der Waals surface area contributed by atoms with Crippen molar-refractivity contribution in [1.82, 2.24) is 10.2 Å². The van der Waals surface area contributed by atoms with Crippen molar-refractivity contribution in [1.29, 1.82) is 0 Å². The molecule has 3 rings (SSSR count). The van der Waals surface area contributed by atoms with E-state index in [0.717, 1.165) is 12.1 Å².